The van der Waals surface area contributed by atoms with Crippen molar-refractivity contribution in [3.8, 4) is 5.75 Å². The van der Waals surface area contributed by atoms with E-state index in [1.807, 2.05) is 0 Å². The number of benzene rings is 1. The zero-order chi connectivity index (χ0) is 17.6. The van der Waals surface area contributed by atoms with Crippen LogP contribution in [-0.2, 0) is 11.0 Å². The zero-order valence-electron chi connectivity index (χ0n) is 13.7. The molecule has 1 heterocycles. The van der Waals surface area contributed by atoms with Crippen LogP contribution in [0.2, 0.25) is 0 Å². The van der Waals surface area contributed by atoms with Crippen molar-refractivity contribution in [1.29, 1.82) is 0 Å². The minimum absolute atomic E-state index is 0.0713. The average molecular weight is 344 g/mol. The third-order valence-electron chi connectivity index (χ3n) is 4.12. The smallest absolute Gasteiger partial charge is 0.416 e. The second kappa shape index (κ2) is 8.37. The molecule has 2 rings (SSSR count). The predicted octanol–water partition coefficient (Wildman–Crippen LogP) is 3.82. The molecule has 1 aliphatic heterocycles. The van der Waals surface area contributed by atoms with Crippen molar-refractivity contribution in [3.05, 3.63) is 23.8 Å². The summed E-state index contributed by atoms with van der Waals surface area (Å²) in [5.41, 5.74) is -0.735. The van der Waals surface area contributed by atoms with Gasteiger partial charge in [-0.05, 0) is 63.4 Å². The van der Waals surface area contributed by atoms with Crippen LogP contribution in [0.3, 0.4) is 0 Å². The first-order valence-electron chi connectivity index (χ1n) is 8.24. The van der Waals surface area contributed by atoms with Crippen molar-refractivity contribution in [1.82, 2.24) is 5.32 Å². The highest BCUT2D eigenvalue weighted by atomic mass is 19.4. The maximum atomic E-state index is 12.9. The molecule has 1 fully saturated rings. The van der Waals surface area contributed by atoms with E-state index >= 15 is 0 Å². The molecule has 0 unspecified atom stereocenters. The molecule has 134 valence electrons. The minimum atomic E-state index is -4.46. The Bertz CT molecular complexity index is 555. The topological polar surface area (TPSA) is 50.4 Å². The third-order valence-corrected chi connectivity index (χ3v) is 4.12. The summed E-state index contributed by atoms with van der Waals surface area (Å²) in [6.45, 7) is 3.95. The van der Waals surface area contributed by atoms with Gasteiger partial charge >= 0.3 is 6.18 Å². The Hall–Kier alpha value is -1.76. The van der Waals surface area contributed by atoms with Crippen molar-refractivity contribution in [2.75, 3.05) is 25.0 Å². The number of nitrogens with one attached hydrogen (secondary N) is 2. The quantitative estimate of drug-likeness (QED) is 0.825. The van der Waals surface area contributed by atoms with E-state index in [-0.39, 0.29) is 17.3 Å². The number of rotatable bonds is 6. The van der Waals surface area contributed by atoms with Crippen LogP contribution in [0.4, 0.5) is 18.9 Å². The van der Waals surface area contributed by atoms with Gasteiger partial charge in [0.05, 0.1) is 17.9 Å². The lowest BCUT2D eigenvalue weighted by Gasteiger charge is -2.22. The summed E-state index contributed by atoms with van der Waals surface area (Å²) in [5, 5.41) is 5.83. The average Bonchev–Trinajstić information content (AvgIpc) is 2.55. The number of carbonyl (C=O) groups excluding carboxylic acids is 1. The predicted molar refractivity (Wildman–Crippen MR) is 86.1 cm³/mol. The molecule has 24 heavy (non-hydrogen) atoms. The molecule has 0 aliphatic carbocycles. The number of amides is 1. The Labute approximate surface area is 139 Å². The molecule has 1 aliphatic rings. The van der Waals surface area contributed by atoms with Crippen LogP contribution in [0.25, 0.3) is 0 Å². The monoisotopic (exact) mass is 344 g/mol. The Kier molecular flexibility index (Phi) is 6.48. The molecule has 0 bridgehead atoms. The standard InChI is InChI=1S/C17H23F3N2O2/c1-2-24-15-5-4-13(17(18,19)20)11-14(15)22-16(23)6-3-12-7-9-21-10-8-12/h4-5,11-12,21H,2-3,6-10H2,1H3,(H,22,23). The van der Waals surface area contributed by atoms with E-state index < -0.39 is 11.7 Å². The Balaban J connectivity index is 2.01. The maximum absolute atomic E-state index is 12.9. The van der Waals surface area contributed by atoms with Gasteiger partial charge in [-0.25, -0.2) is 0 Å². The van der Waals surface area contributed by atoms with Gasteiger partial charge in [0, 0.05) is 6.42 Å². The molecule has 0 atom stereocenters. The van der Waals surface area contributed by atoms with Crippen molar-refractivity contribution in [3.63, 3.8) is 0 Å². The Morgan fingerprint density at radius 2 is 2.04 bits per heavy atom. The van der Waals surface area contributed by atoms with E-state index in [2.05, 4.69) is 10.6 Å². The number of anilines is 1. The highest BCUT2D eigenvalue weighted by Gasteiger charge is 2.31. The van der Waals surface area contributed by atoms with E-state index in [4.69, 9.17) is 4.74 Å². The van der Waals surface area contributed by atoms with Gasteiger partial charge in [-0.3, -0.25) is 4.79 Å². The maximum Gasteiger partial charge on any atom is 0.416 e. The van der Waals surface area contributed by atoms with Crippen molar-refractivity contribution >= 4 is 11.6 Å². The van der Waals surface area contributed by atoms with Crippen molar-refractivity contribution in [2.45, 2.75) is 38.8 Å². The molecule has 4 nitrogen and oxygen atoms in total. The Morgan fingerprint density at radius 3 is 2.67 bits per heavy atom. The van der Waals surface area contributed by atoms with Crippen LogP contribution < -0.4 is 15.4 Å². The first-order chi connectivity index (χ1) is 11.4. The number of piperidine rings is 1. The molecule has 0 aromatic heterocycles. The normalized spacial score (nSPS) is 16.0. The largest absolute Gasteiger partial charge is 0.492 e. The zero-order valence-corrected chi connectivity index (χ0v) is 13.7. The first kappa shape index (κ1) is 18.6. The molecule has 2 N–H and O–H groups in total. The van der Waals surface area contributed by atoms with Gasteiger partial charge in [-0.15, -0.1) is 0 Å². The van der Waals surface area contributed by atoms with E-state index in [1.54, 1.807) is 6.92 Å². The lowest BCUT2D eigenvalue weighted by atomic mass is 9.93. The molecule has 1 aromatic rings. The van der Waals surface area contributed by atoms with E-state index in [0.717, 1.165) is 44.5 Å². The fraction of sp³-hybridized carbons (Fsp3) is 0.588. The second-order valence-electron chi connectivity index (χ2n) is 5.92. The van der Waals surface area contributed by atoms with Crippen molar-refractivity contribution < 1.29 is 22.7 Å². The summed E-state index contributed by atoms with van der Waals surface area (Å²) in [6, 6.07) is 3.12. The molecule has 0 radical (unpaired) electrons. The summed E-state index contributed by atoms with van der Waals surface area (Å²) in [6.07, 6.45) is -1.36. The summed E-state index contributed by atoms with van der Waals surface area (Å²) < 4.78 is 43.9. The molecule has 1 aromatic carbocycles. The van der Waals surface area contributed by atoms with E-state index in [0.29, 0.717) is 18.9 Å². The summed E-state index contributed by atoms with van der Waals surface area (Å²) in [4.78, 5) is 12.1. The van der Waals surface area contributed by atoms with Crippen LogP contribution in [-0.4, -0.2) is 25.6 Å². The van der Waals surface area contributed by atoms with E-state index in [1.165, 1.54) is 6.07 Å². The first-order valence-corrected chi connectivity index (χ1v) is 8.24. The highest BCUT2D eigenvalue weighted by Crippen LogP contribution is 2.35. The van der Waals surface area contributed by atoms with Crippen LogP contribution >= 0.6 is 0 Å². The molecule has 0 spiro atoms. The summed E-state index contributed by atoms with van der Waals surface area (Å²) >= 11 is 0. The van der Waals surface area contributed by atoms with Crippen LogP contribution in [0.1, 0.15) is 38.2 Å². The Morgan fingerprint density at radius 1 is 1.33 bits per heavy atom. The number of halogens is 3. The molecule has 0 saturated carbocycles. The molecule has 7 heteroatoms. The lowest BCUT2D eigenvalue weighted by Crippen LogP contribution is -2.28. The summed E-state index contributed by atoms with van der Waals surface area (Å²) in [5.74, 6) is 0.458. The molecular formula is C17H23F3N2O2. The van der Waals surface area contributed by atoms with Gasteiger partial charge in [0.2, 0.25) is 5.91 Å². The van der Waals surface area contributed by atoms with Gasteiger partial charge in [-0.2, -0.15) is 13.2 Å². The molecule has 1 saturated heterocycles. The SMILES string of the molecule is CCOc1ccc(C(F)(F)F)cc1NC(=O)CCC1CCNCC1. The van der Waals surface area contributed by atoms with Crippen molar-refractivity contribution in [2.24, 2.45) is 5.92 Å². The highest BCUT2D eigenvalue weighted by molar-refractivity contribution is 5.92. The number of hydrogen-bond donors (Lipinski definition) is 2. The van der Waals surface area contributed by atoms with Gasteiger partial charge in [-0.1, -0.05) is 0 Å². The van der Waals surface area contributed by atoms with Gasteiger partial charge in [0.15, 0.2) is 0 Å². The summed E-state index contributed by atoms with van der Waals surface area (Å²) in [7, 11) is 0. The number of alkyl halides is 3. The van der Waals surface area contributed by atoms with Crippen LogP contribution in [0.5, 0.6) is 5.75 Å². The van der Waals surface area contributed by atoms with Crippen LogP contribution in [0, 0.1) is 5.92 Å². The van der Waals surface area contributed by atoms with Crippen LogP contribution in [0.15, 0.2) is 18.2 Å². The fourth-order valence-corrected chi connectivity index (χ4v) is 2.80. The number of carbonyl (C=O) groups is 1. The number of hydrogen-bond acceptors (Lipinski definition) is 3. The second-order valence-corrected chi connectivity index (χ2v) is 5.92. The van der Waals surface area contributed by atoms with Gasteiger partial charge in [0.1, 0.15) is 5.75 Å². The fourth-order valence-electron chi connectivity index (χ4n) is 2.80. The molecule has 1 amide bonds. The molecular weight excluding hydrogens is 321 g/mol. The lowest BCUT2D eigenvalue weighted by molar-refractivity contribution is -0.137. The number of ether oxygens (including phenoxy) is 1. The minimum Gasteiger partial charge on any atom is -0.492 e. The van der Waals surface area contributed by atoms with E-state index in [9.17, 15) is 18.0 Å². The van der Waals surface area contributed by atoms with Gasteiger partial charge < -0.3 is 15.4 Å². The third kappa shape index (κ3) is 5.40. The van der Waals surface area contributed by atoms with Gasteiger partial charge in [0.25, 0.3) is 0 Å².